The van der Waals surface area contributed by atoms with Gasteiger partial charge in [0, 0.05) is 6.07 Å². The number of hydrogen-bond donors (Lipinski definition) is 0. The summed E-state index contributed by atoms with van der Waals surface area (Å²) in [6, 6.07) is 18.8. The third-order valence-electron chi connectivity index (χ3n) is 4.89. The Morgan fingerprint density at radius 3 is 2.25 bits per heavy atom. The Balaban J connectivity index is 1.52. The van der Waals surface area contributed by atoms with Crippen molar-refractivity contribution in [2.45, 2.75) is 20.3 Å². The van der Waals surface area contributed by atoms with E-state index in [0.717, 1.165) is 6.42 Å². The largest absolute Gasteiger partial charge is 0.494 e. The van der Waals surface area contributed by atoms with Crippen LogP contribution in [0.5, 0.6) is 23.0 Å². The second-order valence-corrected chi connectivity index (χ2v) is 7.03. The third kappa shape index (κ3) is 4.64. The fourth-order valence-electron chi connectivity index (χ4n) is 3.16. The van der Waals surface area contributed by atoms with Crippen molar-refractivity contribution in [1.82, 2.24) is 0 Å². The van der Waals surface area contributed by atoms with Gasteiger partial charge in [0.15, 0.2) is 0 Å². The first-order chi connectivity index (χ1) is 15.6. The normalized spacial score (nSPS) is 10.7. The van der Waals surface area contributed by atoms with Crippen LogP contribution in [0.3, 0.4) is 0 Å². The van der Waals surface area contributed by atoms with E-state index >= 15 is 0 Å². The summed E-state index contributed by atoms with van der Waals surface area (Å²) >= 11 is 0. The van der Waals surface area contributed by atoms with Crippen molar-refractivity contribution in [1.29, 1.82) is 0 Å². The smallest absolute Gasteiger partial charge is 0.343 e. The van der Waals surface area contributed by atoms with Crippen LogP contribution in [-0.4, -0.2) is 12.6 Å². The first kappa shape index (κ1) is 21.2. The zero-order valence-electron chi connectivity index (χ0n) is 17.8. The Hall–Kier alpha value is -4.06. The van der Waals surface area contributed by atoms with Gasteiger partial charge in [0.1, 0.15) is 29.1 Å². The maximum atomic E-state index is 12.8. The average molecular weight is 430 g/mol. The Bertz CT molecular complexity index is 1290. The van der Waals surface area contributed by atoms with Crippen molar-refractivity contribution in [3.63, 3.8) is 0 Å². The van der Waals surface area contributed by atoms with Gasteiger partial charge in [0.25, 0.3) is 0 Å². The molecule has 6 heteroatoms. The molecule has 1 heterocycles. The minimum atomic E-state index is -0.523. The summed E-state index contributed by atoms with van der Waals surface area (Å²) in [7, 11) is 0. The van der Waals surface area contributed by atoms with Crippen molar-refractivity contribution in [2.24, 2.45) is 0 Å². The molecule has 0 saturated carbocycles. The monoisotopic (exact) mass is 430 g/mol. The second kappa shape index (κ2) is 9.39. The number of benzene rings is 3. The van der Waals surface area contributed by atoms with Crippen LogP contribution in [-0.2, 0) is 6.42 Å². The molecule has 162 valence electrons. The van der Waals surface area contributed by atoms with Gasteiger partial charge in [-0.3, -0.25) is 4.79 Å². The van der Waals surface area contributed by atoms with E-state index in [1.54, 1.807) is 36.4 Å². The van der Waals surface area contributed by atoms with Gasteiger partial charge in [-0.1, -0.05) is 19.1 Å². The van der Waals surface area contributed by atoms with Crippen LogP contribution >= 0.6 is 0 Å². The van der Waals surface area contributed by atoms with Gasteiger partial charge in [0.2, 0.25) is 11.2 Å². The molecule has 0 unspecified atom stereocenters. The van der Waals surface area contributed by atoms with E-state index < -0.39 is 5.97 Å². The van der Waals surface area contributed by atoms with Crippen molar-refractivity contribution in [3.05, 3.63) is 94.3 Å². The number of carbonyl (C=O) groups is 1. The summed E-state index contributed by atoms with van der Waals surface area (Å²) in [6.07, 6.45) is 2.18. The average Bonchev–Trinajstić information content (AvgIpc) is 2.82. The topological polar surface area (TPSA) is 75.0 Å². The molecule has 0 atom stereocenters. The maximum absolute atomic E-state index is 12.8. The molecular weight excluding hydrogens is 408 g/mol. The lowest BCUT2D eigenvalue weighted by Crippen LogP contribution is -2.09. The Kier molecular flexibility index (Phi) is 6.22. The molecule has 6 nitrogen and oxygen atoms in total. The number of carbonyl (C=O) groups excluding carboxylic acids is 1. The number of rotatable bonds is 7. The number of hydrogen-bond acceptors (Lipinski definition) is 6. The highest BCUT2D eigenvalue weighted by atomic mass is 16.5. The van der Waals surface area contributed by atoms with E-state index in [2.05, 4.69) is 6.92 Å². The lowest BCUT2D eigenvalue weighted by molar-refractivity contribution is 0.0735. The van der Waals surface area contributed by atoms with Crippen LogP contribution < -0.4 is 19.6 Å². The maximum Gasteiger partial charge on any atom is 0.343 e. The zero-order valence-corrected chi connectivity index (χ0v) is 17.8. The summed E-state index contributed by atoms with van der Waals surface area (Å²) in [5.41, 5.74) is 1.54. The van der Waals surface area contributed by atoms with Crippen LogP contribution in [0.15, 0.2) is 82.2 Å². The van der Waals surface area contributed by atoms with Gasteiger partial charge in [-0.05, 0) is 67.4 Å². The van der Waals surface area contributed by atoms with E-state index in [9.17, 15) is 9.59 Å². The fraction of sp³-hybridized carbons (Fsp3) is 0.154. The Labute approximate surface area is 185 Å². The van der Waals surface area contributed by atoms with Gasteiger partial charge >= 0.3 is 5.97 Å². The van der Waals surface area contributed by atoms with Gasteiger partial charge in [-0.25, -0.2) is 4.79 Å². The molecule has 0 aliphatic heterocycles. The molecule has 0 bridgehead atoms. The minimum Gasteiger partial charge on any atom is -0.494 e. The number of esters is 1. The molecule has 1 aromatic heterocycles. The molecule has 0 aliphatic carbocycles. The van der Waals surface area contributed by atoms with Crippen molar-refractivity contribution >= 4 is 16.9 Å². The Morgan fingerprint density at radius 1 is 0.875 bits per heavy atom. The first-order valence-corrected chi connectivity index (χ1v) is 10.3. The molecule has 4 rings (SSSR count). The second-order valence-electron chi connectivity index (χ2n) is 7.03. The molecule has 0 aliphatic rings. The van der Waals surface area contributed by atoms with E-state index in [4.69, 9.17) is 18.6 Å². The Morgan fingerprint density at radius 2 is 1.56 bits per heavy atom. The van der Waals surface area contributed by atoms with Crippen LogP contribution in [0.2, 0.25) is 0 Å². The van der Waals surface area contributed by atoms with Crippen molar-refractivity contribution < 1.29 is 23.4 Å². The van der Waals surface area contributed by atoms with Gasteiger partial charge < -0.3 is 18.6 Å². The number of fused-ring (bicyclic) bond motifs is 1. The highest BCUT2D eigenvalue weighted by Gasteiger charge is 2.13. The van der Waals surface area contributed by atoms with Crippen LogP contribution in [0.1, 0.15) is 29.8 Å². The molecule has 0 amide bonds. The predicted octanol–water partition coefficient (Wildman–Crippen LogP) is 5.77. The molecule has 3 aromatic carbocycles. The first-order valence-electron chi connectivity index (χ1n) is 10.3. The van der Waals surface area contributed by atoms with Crippen LogP contribution in [0, 0.1) is 0 Å². The predicted molar refractivity (Wildman–Crippen MR) is 121 cm³/mol. The number of aryl methyl sites for hydroxylation is 1. The minimum absolute atomic E-state index is 0.0841. The summed E-state index contributed by atoms with van der Waals surface area (Å²) in [4.78, 5) is 25.2. The fourth-order valence-corrected chi connectivity index (χ4v) is 3.16. The highest BCUT2D eigenvalue weighted by molar-refractivity contribution is 5.91. The van der Waals surface area contributed by atoms with Gasteiger partial charge in [-0.2, -0.15) is 0 Å². The zero-order chi connectivity index (χ0) is 22.5. The SMILES string of the molecule is CCOc1ccc(C(=O)Oc2ccc3c(=O)c(Oc4ccc(CC)cc4)coc3c2)cc1. The summed E-state index contributed by atoms with van der Waals surface area (Å²) in [6.45, 7) is 4.50. The van der Waals surface area contributed by atoms with Crippen molar-refractivity contribution in [2.75, 3.05) is 6.61 Å². The standard InChI is InChI=1S/C26H22O6/c1-3-17-5-9-20(10-6-17)31-24-16-30-23-15-21(13-14-22(23)25(24)27)32-26(28)18-7-11-19(12-8-18)29-4-2/h5-16H,3-4H2,1-2H3. The highest BCUT2D eigenvalue weighted by Crippen LogP contribution is 2.25. The number of ether oxygens (including phenoxy) is 3. The summed E-state index contributed by atoms with van der Waals surface area (Å²) in [5.74, 6) is 1.06. The van der Waals surface area contributed by atoms with E-state index in [1.807, 2.05) is 31.2 Å². The molecule has 0 fully saturated rings. The van der Waals surface area contributed by atoms with Crippen LogP contribution in [0.25, 0.3) is 11.0 Å². The van der Waals surface area contributed by atoms with Gasteiger partial charge in [-0.15, -0.1) is 0 Å². The lowest BCUT2D eigenvalue weighted by Gasteiger charge is -2.08. The molecule has 0 spiro atoms. The van der Waals surface area contributed by atoms with Gasteiger partial charge in [0.05, 0.1) is 17.6 Å². The molecule has 4 aromatic rings. The molecular formula is C26H22O6. The van der Waals surface area contributed by atoms with Crippen LogP contribution in [0.4, 0.5) is 0 Å². The summed E-state index contributed by atoms with van der Waals surface area (Å²) in [5, 5.41) is 0.327. The molecule has 0 saturated heterocycles. The van der Waals surface area contributed by atoms with E-state index in [-0.39, 0.29) is 16.9 Å². The quantitative estimate of drug-likeness (QED) is 0.274. The molecule has 0 N–H and O–H groups in total. The van der Waals surface area contributed by atoms with E-state index in [0.29, 0.717) is 34.6 Å². The van der Waals surface area contributed by atoms with E-state index in [1.165, 1.54) is 17.9 Å². The third-order valence-corrected chi connectivity index (χ3v) is 4.89. The van der Waals surface area contributed by atoms with Crippen molar-refractivity contribution in [3.8, 4) is 23.0 Å². The molecule has 32 heavy (non-hydrogen) atoms. The summed E-state index contributed by atoms with van der Waals surface area (Å²) < 4.78 is 22.1. The lowest BCUT2D eigenvalue weighted by atomic mass is 10.2. The molecule has 0 radical (unpaired) electrons.